The van der Waals surface area contributed by atoms with Crippen LogP contribution in [0.4, 0.5) is 0 Å². The highest BCUT2D eigenvalue weighted by molar-refractivity contribution is 7.54. The summed E-state index contributed by atoms with van der Waals surface area (Å²) in [6.07, 6.45) is 0. The molecule has 0 aliphatic carbocycles. The van der Waals surface area contributed by atoms with E-state index in [1.807, 2.05) is 171 Å². The highest BCUT2D eigenvalue weighted by Gasteiger charge is 2.40. The number of carbonyl (C=O) groups excluding carboxylic acids is 6. The van der Waals surface area contributed by atoms with E-state index in [9.17, 15) is 47.9 Å². The zero-order valence-electron chi connectivity index (χ0n) is 71.2. The van der Waals surface area contributed by atoms with Crippen LogP contribution in [0.25, 0.3) is 136 Å². The van der Waals surface area contributed by atoms with Crippen LogP contribution in [-0.4, -0.2) is 106 Å². The number of aromatic nitrogens is 9. The molecule has 0 aliphatic rings. The predicted octanol–water partition coefficient (Wildman–Crippen LogP) is 26.5. The van der Waals surface area contributed by atoms with Gasteiger partial charge in [-0.15, -0.1) is 12.3 Å². The summed E-state index contributed by atoms with van der Waals surface area (Å²) in [6, 6.07) is 80.1. The van der Waals surface area contributed by atoms with Crippen molar-refractivity contribution < 1.29 is 43.1 Å². The van der Waals surface area contributed by atoms with Gasteiger partial charge in [-0.25, -0.2) is 51.1 Å². The van der Waals surface area contributed by atoms with Crippen LogP contribution in [0.3, 0.4) is 0 Å². The van der Waals surface area contributed by atoms with Crippen LogP contribution in [0.2, 0.25) is 34.7 Å². The lowest BCUT2D eigenvalue weighted by Crippen LogP contribution is -2.47. The number of aliphatic carboxylic acids is 1. The molecule has 4 N–H and O–H groups in total. The molecule has 2 unspecified atom stereocenters. The normalized spacial score (nSPS) is 11.7. The average molecular weight is 1970 g/mol. The number of hydrogen-bond donors (Lipinski definition) is 4. The minimum Gasteiger partial charge on any atom is -0.481 e. The number of rotatable bonds is 7. The molecule has 22 nitrogen and oxygen atoms in total. The summed E-state index contributed by atoms with van der Waals surface area (Å²) in [4.78, 5) is 125. The lowest BCUT2D eigenvalue weighted by molar-refractivity contribution is -0.138. The van der Waals surface area contributed by atoms with E-state index in [2.05, 4.69) is 112 Å². The van der Waals surface area contributed by atoms with Crippen molar-refractivity contribution in [2.24, 2.45) is 0 Å². The number of Topliss-reactive ketones (excluding diaryl/α,β-unsaturated/α-hetero) is 2. The molecule has 130 heavy (non-hydrogen) atoms. The third kappa shape index (κ3) is 22.7. The number of para-hydroxylation sites is 5. The molecule has 0 aliphatic heterocycles. The molecule has 0 bridgehead atoms. The molecular weight excluding hydrogens is 1890 g/mol. The summed E-state index contributed by atoms with van der Waals surface area (Å²) < 4.78 is 11.5. The number of halogens is 10. The van der Waals surface area contributed by atoms with Gasteiger partial charge in [-0.1, -0.05) is 168 Å². The Hall–Kier alpha value is -11.6. The number of carbonyl (C=O) groups is 7. The Morgan fingerprint density at radius 2 is 0.700 bits per heavy atom. The number of H-pyrrole nitrogens is 3. The Morgan fingerprint density at radius 3 is 1.08 bits per heavy atom. The number of ketones is 2. The van der Waals surface area contributed by atoms with E-state index in [4.69, 9.17) is 116 Å². The first-order chi connectivity index (χ1) is 61.5. The number of aromatic amines is 3. The molecule has 0 fully saturated rings. The van der Waals surface area contributed by atoms with Crippen molar-refractivity contribution in [2.75, 3.05) is 0 Å². The monoisotopic (exact) mass is 1970 g/mol. The first-order valence-corrected chi connectivity index (χ1v) is 50.8. The van der Waals surface area contributed by atoms with Gasteiger partial charge in [-0.2, -0.15) is 0 Å². The zero-order valence-corrected chi connectivity index (χ0v) is 80.9. The first kappa shape index (κ1) is 99.0. The number of nitrogens with zero attached hydrogens (tertiary/aromatic N) is 7. The van der Waals surface area contributed by atoms with Gasteiger partial charge in [0.25, 0.3) is 0 Å². The highest BCUT2D eigenvalue weighted by atomic mass is 35.8. The van der Waals surface area contributed by atoms with E-state index in [1.165, 1.54) is 56.4 Å². The first-order valence-electron chi connectivity index (χ1n) is 39.6. The Balaban J connectivity index is 0.000000146. The summed E-state index contributed by atoms with van der Waals surface area (Å²) >= 11 is 36.4. The molecule has 0 saturated heterocycles. The molecule has 34 heteroatoms. The zero-order chi connectivity index (χ0) is 94.8. The molecule has 0 saturated carbocycles. The van der Waals surface area contributed by atoms with Crippen LogP contribution in [0.5, 0.6) is 0 Å². The second-order valence-corrected chi connectivity index (χ2v) is 44.3. The standard InChI is InChI=1S/C18H19ClN2OSi.C16H12ClNO2.C16H13NO2.C15H12ClNO2.C14H11NO.C12H9N.C3Cl3N3O3.C2H3ClO.Al.3ClH/c1-18(20-2,22-23(3,4)5)12-6-8-14-15-11-13(19)7-9-16(15)21-17(14)10-12;1-9(19)11-3-5-13-14-8-12(17)4-6-15(14)18(10(2)20)16(13)7-11;1-10(18)12-7-8-14-13-5-3-4-6-15(13)17(11(2)19)16(14)9-12;1-8(15(18)19)9-2-4-11-12-7-10(16)3-5-13(12)17-14(11)6-9;1-10(16)15-13-8-4-2-6-11(13)12-7-3-5-9-14(12)15;1-3-7-11-9(5-1)10-6-2-4-8-12(10)13-11;4-7-1(10)8(5)3(12)9(6)2(7)11;1-2(3)4;;;;/h6-11,21H,1,3-5H3;3-8H,1-2H3;3-9H,1-2H3;2-8,17H,1H3,(H,18,19);2-9H,1H3;1-8,13H;;1H3;;3*1H/q;;;;;;;;+3;;;/p-3. The topological polar surface area (TPSA) is 281 Å². The number of carboxylic acid groups (broad SMARTS) is 1. The average Bonchev–Trinajstić information content (AvgIpc) is 1.55. The molecule has 12 aromatic carbocycles. The van der Waals surface area contributed by atoms with Crippen LogP contribution >= 0.6 is 112 Å². The maximum atomic E-state index is 11.9. The largest absolute Gasteiger partial charge is 0.643 e. The molecule has 19 rings (SSSR count). The fourth-order valence-electron chi connectivity index (χ4n) is 14.8. The molecule has 0 radical (unpaired) electrons. The predicted molar refractivity (Wildman–Crippen MR) is 537 cm³/mol. The Bertz CT molecular complexity index is 7700. The van der Waals surface area contributed by atoms with Gasteiger partial charge in [0.2, 0.25) is 23.0 Å². The maximum absolute atomic E-state index is 11.9. The molecule has 19 aromatic rings. The number of fused-ring (bicyclic) bond motifs is 18. The van der Waals surface area contributed by atoms with Gasteiger partial charge in [0, 0.05) is 194 Å². The van der Waals surface area contributed by atoms with Gasteiger partial charge < -0.3 is 24.5 Å². The third-order valence-electron chi connectivity index (χ3n) is 20.4. The summed E-state index contributed by atoms with van der Waals surface area (Å²) in [5.74, 6) is -1.44. The Labute approximate surface area is 795 Å². The third-order valence-corrected chi connectivity index (χ3v) is 23.0. The highest BCUT2D eigenvalue weighted by Crippen LogP contribution is 2.39. The van der Waals surface area contributed by atoms with Crippen LogP contribution in [0, 0.1) is 6.57 Å². The van der Waals surface area contributed by atoms with Gasteiger partial charge in [0.1, 0.15) is 0 Å². The number of hydrogen-bond acceptors (Lipinski definition) is 11. The summed E-state index contributed by atoms with van der Waals surface area (Å²) in [7, 11) is 13.0. The van der Waals surface area contributed by atoms with E-state index in [1.54, 1.807) is 51.8 Å². The molecule has 7 aromatic heterocycles. The van der Waals surface area contributed by atoms with Crippen molar-refractivity contribution >= 4 is 303 Å². The molecule has 0 amide bonds. The van der Waals surface area contributed by atoms with Gasteiger partial charge in [0.15, 0.2) is 19.9 Å². The molecule has 2 atom stereocenters. The van der Waals surface area contributed by atoms with Crippen LogP contribution < -0.4 is 17.1 Å². The fraction of sp³-hybridized carbons (Fsp3) is 0.135. The molecule has 662 valence electrons. The lowest BCUT2D eigenvalue weighted by atomic mass is 10.00. The molecule has 7 heterocycles. The van der Waals surface area contributed by atoms with Gasteiger partial charge in [-0.05, 0) is 173 Å². The van der Waals surface area contributed by atoms with Gasteiger partial charge in [-0.3, -0.25) is 52.1 Å². The van der Waals surface area contributed by atoms with Crippen molar-refractivity contribution in [2.45, 2.75) is 86.7 Å². The summed E-state index contributed by atoms with van der Waals surface area (Å²) in [6.45, 7) is 26.4. The smallest absolute Gasteiger partial charge is 0.481 e. The van der Waals surface area contributed by atoms with E-state index >= 15 is 0 Å². The fourth-order valence-corrected chi connectivity index (χ4v) is 17.3. The SMILES string of the molecule is CC(=O)Cl.CC(=O)c1ccc2c3cc(Cl)ccc3n(C(C)=O)c2c1.CC(=O)c1ccc2c3ccccc3n(C(C)=O)c2c1.CC(=O)n1c2ccccc2c2ccccc21.CC(C(=O)O)c1ccc2c(c1)[nH]c1ccc(Cl)cc12.O=c1n(Cl)c(=O)n(Cl)c(=O)n1Cl.[C-]#[N+]C(C)(O[Si](C)(C)C)c1ccc2c(c1)[nH]c1ccc(Cl)cc12.[Cl][Al]([Cl])[Cl].c1ccc2c(c1)[nH]c1ccccc12. The Morgan fingerprint density at radius 1 is 0.400 bits per heavy atom. The minimum atomic E-state index is -1.84. The molecule has 0 spiro atoms. The number of nitrogens with one attached hydrogen (secondary N) is 3. The summed E-state index contributed by atoms with van der Waals surface area (Å²) in [5, 5.41) is 23.8. The second kappa shape index (κ2) is 42.6. The van der Waals surface area contributed by atoms with Crippen LogP contribution in [0.1, 0.15) is 108 Å². The van der Waals surface area contributed by atoms with E-state index < -0.39 is 54.4 Å². The van der Waals surface area contributed by atoms with Crippen molar-refractivity contribution in [1.29, 1.82) is 0 Å². The number of carboxylic acids is 1. The van der Waals surface area contributed by atoms with Gasteiger partial charge in [0.05, 0.1) is 44.6 Å². The van der Waals surface area contributed by atoms with E-state index in [0.29, 0.717) is 21.2 Å². The maximum Gasteiger partial charge on any atom is 0.643 e. The van der Waals surface area contributed by atoms with Crippen LogP contribution in [0.15, 0.2) is 263 Å². The van der Waals surface area contributed by atoms with Gasteiger partial charge >= 0.3 is 40.1 Å². The second-order valence-electron chi connectivity index (χ2n) is 30.5. The van der Waals surface area contributed by atoms with Crippen molar-refractivity contribution in [3.05, 3.63) is 329 Å². The van der Waals surface area contributed by atoms with E-state index in [0.717, 1.165) is 125 Å². The Kier molecular flexibility index (Phi) is 32.4. The number of benzene rings is 12. The minimum absolute atomic E-state index is 0.00209. The van der Waals surface area contributed by atoms with Crippen LogP contribution in [-0.2, 0) is 19.7 Å². The van der Waals surface area contributed by atoms with Crippen molar-refractivity contribution in [1.82, 2.24) is 40.9 Å². The summed E-state index contributed by atoms with van der Waals surface area (Å²) in [5.41, 5.74) is 10.0. The quantitative estimate of drug-likeness (QED) is 0.0502. The van der Waals surface area contributed by atoms with E-state index in [-0.39, 0.29) is 46.8 Å². The lowest BCUT2D eigenvalue weighted by Gasteiger charge is -2.26. The molecular formula is C96H79AlCl10N10O12Si. The van der Waals surface area contributed by atoms with Crippen molar-refractivity contribution in [3.63, 3.8) is 0 Å². The van der Waals surface area contributed by atoms with Crippen molar-refractivity contribution in [3.8, 4) is 0 Å².